The molecule has 0 unspecified atom stereocenters. The Balaban J connectivity index is 1.57. The van der Waals surface area contributed by atoms with Gasteiger partial charge in [-0.05, 0) is 56.8 Å². The van der Waals surface area contributed by atoms with Gasteiger partial charge in [0.1, 0.15) is 29.8 Å². The van der Waals surface area contributed by atoms with Crippen LogP contribution in [0.4, 0.5) is 15.9 Å². The number of carbonyl (C=O) groups excluding carboxylic acids is 1. The number of hydrogen-bond acceptors (Lipinski definition) is 8. The number of likely N-dealkylation sites (N-methyl/N-ethyl adjacent to an activating group) is 1. The summed E-state index contributed by atoms with van der Waals surface area (Å²) in [5, 5.41) is 12.8. The number of unbranched alkanes of at least 4 members (excludes halogenated alkanes) is 1. The molecule has 3 aromatic rings. The zero-order chi connectivity index (χ0) is 26.9. The van der Waals surface area contributed by atoms with Crippen LogP contribution in [0, 0.1) is 5.82 Å². The fourth-order valence-corrected chi connectivity index (χ4v) is 4.35. The molecule has 38 heavy (non-hydrogen) atoms. The molecule has 202 valence electrons. The van der Waals surface area contributed by atoms with E-state index in [4.69, 9.17) is 26.2 Å². The second-order valence-electron chi connectivity index (χ2n) is 9.30. The van der Waals surface area contributed by atoms with Gasteiger partial charge in [-0.25, -0.2) is 14.4 Å². The third-order valence-corrected chi connectivity index (χ3v) is 6.50. The Morgan fingerprint density at radius 2 is 2.18 bits per heavy atom. The van der Waals surface area contributed by atoms with Gasteiger partial charge < -0.3 is 24.8 Å². The van der Waals surface area contributed by atoms with E-state index in [1.807, 2.05) is 25.3 Å². The van der Waals surface area contributed by atoms with E-state index in [2.05, 4.69) is 20.2 Å². The first-order chi connectivity index (χ1) is 18.4. The minimum absolute atomic E-state index is 0.0000509. The molecule has 0 radical (unpaired) electrons. The maximum absolute atomic E-state index is 13.6. The first-order valence-electron chi connectivity index (χ1n) is 12.7. The summed E-state index contributed by atoms with van der Waals surface area (Å²) in [7, 11) is 1.98. The highest BCUT2D eigenvalue weighted by molar-refractivity contribution is 6.31. The predicted molar refractivity (Wildman–Crippen MR) is 146 cm³/mol. The van der Waals surface area contributed by atoms with E-state index in [0.717, 1.165) is 25.8 Å². The summed E-state index contributed by atoms with van der Waals surface area (Å²) >= 11 is 5.94. The Kier molecular flexibility index (Phi) is 10.0. The number of carbonyl (C=O) groups is 1. The Morgan fingerprint density at radius 1 is 1.32 bits per heavy atom. The van der Waals surface area contributed by atoms with Gasteiger partial charge in [0.2, 0.25) is 0 Å². The van der Waals surface area contributed by atoms with Gasteiger partial charge in [0, 0.05) is 48.7 Å². The monoisotopic (exact) mass is 542 g/mol. The minimum atomic E-state index is -0.507. The van der Waals surface area contributed by atoms with Gasteiger partial charge in [-0.2, -0.15) is 0 Å². The molecule has 10 heteroatoms. The summed E-state index contributed by atoms with van der Waals surface area (Å²) in [4.78, 5) is 23.8. The van der Waals surface area contributed by atoms with Crippen LogP contribution in [-0.4, -0.2) is 71.8 Å². The molecule has 2 heterocycles. The molecular formula is C28H32ClFN4O4. The normalized spacial score (nSPS) is 15.6. The van der Waals surface area contributed by atoms with Crippen LogP contribution in [0.2, 0.25) is 5.02 Å². The molecule has 0 saturated carbocycles. The van der Waals surface area contributed by atoms with Crippen LogP contribution in [0.3, 0.4) is 0 Å². The zero-order valence-electron chi connectivity index (χ0n) is 21.3. The number of benzene rings is 2. The molecule has 1 fully saturated rings. The van der Waals surface area contributed by atoms with Gasteiger partial charge in [-0.15, -0.1) is 0 Å². The third kappa shape index (κ3) is 7.70. The molecule has 1 atom stereocenters. The fraction of sp³-hybridized carbons (Fsp3) is 0.393. The molecule has 0 spiro atoms. The molecule has 8 nitrogen and oxygen atoms in total. The number of halogens is 2. The number of nitrogens with zero attached hydrogens (tertiary/aromatic N) is 3. The van der Waals surface area contributed by atoms with Crippen LogP contribution in [0.25, 0.3) is 10.9 Å². The summed E-state index contributed by atoms with van der Waals surface area (Å²) in [5.74, 6) is 0.525. The van der Waals surface area contributed by atoms with Crippen LogP contribution in [0.1, 0.15) is 24.8 Å². The number of allylic oxidation sites excluding steroid dienone is 1. The molecular weight excluding hydrogens is 511 g/mol. The second kappa shape index (κ2) is 13.6. The van der Waals surface area contributed by atoms with Crippen molar-refractivity contribution in [2.75, 3.05) is 45.3 Å². The SMILES string of the molecule is CN(C/C=C/C(=O)Cc1cc2c(Nc3ccc(F)c(Cl)c3)ncnc2cc1O[C@H]1CCOC1)CCCCO. The molecule has 2 N–H and O–H groups in total. The Labute approximate surface area is 226 Å². The molecule has 0 amide bonds. The lowest BCUT2D eigenvalue weighted by Crippen LogP contribution is -2.20. The number of ketones is 1. The number of nitrogens with one attached hydrogen (secondary N) is 1. The summed E-state index contributed by atoms with van der Waals surface area (Å²) in [5.41, 5.74) is 1.93. The maximum atomic E-state index is 13.6. The van der Waals surface area contributed by atoms with E-state index >= 15 is 0 Å². The maximum Gasteiger partial charge on any atom is 0.159 e. The smallest absolute Gasteiger partial charge is 0.159 e. The number of fused-ring (bicyclic) bond motifs is 1. The molecule has 1 saturated heterocycles. The number of aliphatic hydroxyl groups excluding tert-OH is 1. The van der Waals surface area contributed by atoms with Crippen molar-refractivity contribution in [3.8, 4) is 5.75 Å². The summed E-state index contributed by atoms with van der Waals surface area (Å²) < 4.78 is 25.3. The van der Waals surface area contributed by atoms with Gasteiger partial charge in [0.25, 0.3) is 0 Å². The van der Waals surface area contributed by atoms with Crippen molar-refractivity contribution in [3.05, 3.63) is 65.2 Å². The first-order valence-corrected chi connectivity index (χ1v) is 13.0. The van der Waals surface area contributed by atoms with Crippen LogP contribution < -0.4 is 10.1 Å². The predicted octanol–water partition coefficient (Wildman–Crippen LogP) is 4.71. The highest BCUT2D eigenvalue weighted by Gasteiger charge is 2.21. The van der Waals surface area contributed by atoms with Crippen molar-refractivity contribution in [2.45, 2.75) is 31.8 Å². The third-order valence-electron chi connectivity index (χ3n) is 6.21. The molecule has 4 rings (SSSR count). The number of rotatable bonds is 13. The molecule has 2 aromatic carbocycles. The lowest BCUT2D eigenvalue weighted by molar-refractivity contribution is -0.114. The average molecular weight is 543 g/mol. The highest BCUT2D eigenvalue weighted by atomic mass is 35.5. The number of anilines is 2. The van der Waals surface area contributed by atoms with Gasteiger partial charge in [-0.1, -0.05) is 17.7 Å². The van der Waals surface area contributed by atoms with E-state index < -0.39 is 5.82 Å². The van der Waals surface area contributed by atoms with E-state index in [9.17, 15) is 9.18 Å². The Morgan fingerprint density at radius 3 is 2.95 bits per heavy atom. The van der Waals surface area contributed by atoms with E-state index in [0.29, 0.717) is 53.5 Å². The minimum Gasteiger partial charge on any atom is -0.488 e. The Hall–Kier alpha value is -3.11. The van der Waals surface area contributed by atoms with Crippen molar-refractivity contribution >= 4 is 39.8 Å². The summed E-state index contributed by atoms with van der Waals surface area (Å²) in [6.07, 6.45) is 7.36. The topological polar surface area (TPSA) is 96.8 Å². The molecule has 0 aliphatic carbocycles. The van der Waals surface area contributed by atoms with Crippen molar-refractivity contribution in [2.24, 2.45) is 0 Å². The van der Waals surface area contributed by atoms with Crippen LogP contribution in [-0.2, 0) is 16.0 Å². The van der Waals surface area contributed by atoms with E-state index in [1.165, 1.54) is 18.5 Å². The summed E-state index contributed by atoms with van der Waals surface area (Å²) in [6.45, 7) is 2.80. The van der Waals surface area contributed by atoms with Gasteiger partial charge in [0.05, 0.1) is 23.8 Å². The van der Waals surface area contributed by atoms with Crippen molar-refractivity contribution in [1.82, 2.24) is 14.9 Å². The van der Waals surface area contributed by atoms with Crippen molar-refractivity contribution < 1.29 is 23.8 Å². The van der Waals surface area contributed by atoms with Gasteiger partial charge in [0.15, 0.2) is 5.78 Å². The van der Waals surface area contributed by atoms with E-state index in [-0.39, 0.29) is 29.9 Å². The second-order valence-corrected chi connectivity index (χ2v) is 9.70. The number of aliphatic hydroxyl groups is 1. The summed E-state index contributed by atoms with van der Waals surface area (Å²) in [6, 6.07) is 8.02. The Bertz CT molecular complexity index is 1280. The van der Waals surface area contributed by atoms with Crippen molar-refractivity contribution in [1.29, 1.82) is 0 Å². The molecule has 1 aliphatic rings. The van der Waals surface area contributed by atoms with Crippen LogP contribution in [0.15, 0.2) is 48.8 Å². The standard InChI is InChI=1S/C28H32ClFN4O4/c1-34(9-2-3-11-35)10-4-5-21(36)13-19-14-23-26(16-27(19)38-22-8-12-37-17-22)31-18-32-28(23)33-20-6-7-25(30)24(29)15-20/h4-7,14-16,18,22,35H,2-3,8-13,17H2,1H3,(H,31,32,33)/b5-4+/t22-/m0/s1. The number of aromatic nitrogens is 2. The van der Waals surface area contributed by atoms with Crippen LogP contribution in [0.5, 0.6) is 5.75 Å². The van der Waals surface area contributed by atoms with Crippen molar-refractivity contribution in [3.63, 3.8) is 0 Å². The van der Waals surface area contributed by atoms with Gasteiger partial charge in [-0.3, -0.25) is 4.79 Å². The molecule has 0 bridgehead atoms. The molecule has 1 aliphatic heterocycles. The zero-order valence-corrected chi connectivity index (χ0v) is 22.1. The largest absolute Gasteiger partial charge is 0.488 e. The average Bonchev–Trinajstić information content (AvgIpc) is 3.40. The van der Waals surface area contributed by atoms with Gasteiger partial charge >= 0.3 is 0 Å². The van der Waals surface area contributed by atoms with E-state index in [1.54, 1.807) is 12.1 Å². The van der Waals surface area contributed by atoms with Crippen LogP contribution >= 0.6 is 11.6 Å². The first kappa shape index (κ1) is 27.9. The fourth-order valence-electron chi connectivity index (χ4n) is 4.17. The lowest BCUT2D eigenvalue weighted by atomic mass is 10.0. The number of ether oxygens (including phenoxy) is 2. The highest BCUT2D eigenvalue weighted by Crippen LogP contribution is 2.32. The molecule has 1 aromatic heterocycles. The quantitative estimate of drug-likeness (QED) is 0.237. The number of hydrogen-bond donors (Lipinski definition) is 2. The lowest BCUT2D eigenvalue weighted by Gasteiger charge is -2.17.